The maximum absolute atomic E-state index is 2.50. The van der Waals surface area contributed by atoms with Crippen molar-refractivity contribution in [3.05, 3.63) is 66.5 Å². The van der Waals surface area contributed by atoms with E-state index in [1.54, 1.807) is 0 Å². The summed E-state index contributed by atoms with van der Waals surface area (Å²) in [7, 11) is 0. The summed E-state index contributed by atoms with van der Waals surface area (Å²) in [6, 6.07) is 18.2. The first-order chi connectivity index (χ1) is 18.3. The summed E-state index contributed by atoms with van der Waals surface area (Å²) in [5, 5.41) is 0. The number of pyridine rings is 1. The lowest BCUT2D eigenvalue weighted by atomic mass is 9.92. The molecule has 38 heavy (non-hydrogen) atoms. The molecular weight excluding hydrogens is 482 g/mol. The Labute approximate surface area is 243 Å². The summed E-state index contributed by atoms with van der Waals surface area (Å²) >= 11 is 0. The van der Waals surface area contributed by atoms with Crippen molar-refractivity contribution in [1.82, 2.24) is 0 Å². The summed E-state index contributed by atoms with van der Waals surface area (Å²) in [6.45, 7) is 4.79. The quantitative estimate of drug-likeness (QED) is 0.0930. The molecule has 0 radical (unpaired) electrons. The molecule has 216 valence electrons. The van der Waals surface area contributed by atoms with Crippen molar-refractivity contribution >= 4 is 0 Å². The Morgan fingerprint density at radius 2 is 1.03 bits per heavy atom. The Morgan fingerprint density at radius 3 is 1.61 bits per heavy atom. The van der Waals surface area contributed by atoms with E-state index >= 15 is 0 Å². The van der Waals surface area contributed by atoms with Crippen LogP contribution in [0, 0.1) is 5.92 Å². The maximum Gasteiger partial charge on any atom is 0.169 e. The highest BCUT2D eigenvalue weighted by molar-refractivity contribution is 5.14. The molecule has 1 nitrogen and oxygen atoms in total. The average Bonchev–Trinajstić information content (AvgIpc) is 2.93. The van der Waals surface area contributed by atoms with Crippen LogP contribution in [0.3, 0.4) is 0 Å². The van der Waals surface area contributed by atoms with Gasteiger partial charge in [0.15, 0.2) is 18.4 Å². The van der Waals surface area contributed by atoms with Gasteiger partial charge in [0.2, 0.25) is 0 Å². The van der Waals surface area contributed by atoms with Crippen molar-refractivity contribution in [2.75, 3.05) is 0 Å². The Kier molecular flexibility index (Phi) is 22.5. The zero-order chi connectivity index (χ0) is 26.2. The SMILES string of the molecule is CCCCCCCCCCCCCCCC(CC(C)CCCCCCc1ccccc1)[n+]1ccccc1.[Cl-]. The lowest BCUT2D eigenvalue weighted by molar-refractivity contribution is -0.725. The first-order valence-corrected chi connectivity index (χ1v) is 16.3. The van der Waals surface area contributed by atoms with E-state index in [-0.39, 0.29) is 12.4 Å². The van der Waals surface area contributed by atoms with Crippen LogP contribution in [0.4, 0.5) is 0 Å². The van der Waals surface area contributed by atoms with Crippen LogP contribution in [0.25, 0.3) is 0 Å². The summed E-state index contributed by atoms with van der Waals surface area (Å²) in [5.41, 5.74) is 1.49. The van der Waals surface area contributed by atoms with Gasteiger partial charge in [0.1, 0.15) is 0 Å². The van der Waals surface area contributed by atoms with Gasteiger partial charge in [-0.05, 0) is 30.7 Å². The Hall–Kier alpha value is -1.34. The van der Waals surface area contributed by atoms with E-state index < -0.39 is 0 Å². The molecule has 0 aliphatic carbocycles. The van der Waals surface area contributed by atoms with Gasteiger partial charge in [-0.15, -0.1) is 0 Å². The predicted octanol–water partition coefficient (Wildman–Crippen LogP) is 8.22. The number of hydrogen-bond donors (Lipinski definition) is 0. The summed E-state index contributed by atoms with van der Waals surface area (Å²) in [5.74, 6) is 0.814. The van der Waals surface area contributed by atoms with Crippen molar-refractivity contribution < 1.29 is 17.0 Å². The lowest BCUT2D eigenvalue weighted by Gasteiger charge is -2.17. The molecule has 2 unspecified atom stereocenters. The zero-order valence-corrected chi connectivity index (χ0v) is 25.9. The number of hydrogen-bond acceptors (Lipinski definition) is 0. The second-order valence-corrected chi connectivity index (χ2v) is 11.8. The molecule has 1 aromatic heterocycles. The van der Waals surface area contributed by atoms with Crippen molar-refractivity contribution in [3.8, 4) is 0 Å². The Bertz CT molecular complexity index is 732. The zero-order valence-electron chi connectivity index (χ0n) is 25.1. The maximum atomic E-state index is 2.50. The van der Waals surface area contributed by atoms with Crippen LogP contribution in [0.5, 0.6) is 0 Å². The largest absolute Gasteiger partial charge is 1.00 e. The van der Waals surface area contributed by atoms with Gasteiger partial charge in [0.25, 0.3) is 0 Å². The van der Waals surface area contributed by atoms with Gasteiger partial charge in [-0.2, -0.15) is 0 Å². The fourth-order valence-corrected chi connectivity index (χ4v) is 5.84. The number of unbranched alkanes of at least 4 members (excludes halogenated alkanes) is 15. The van der Waals surface area contributed by atoms with Crippen molar-refractivity contribution in [2.24, 2.45) is 5.92 Å². The van der Waals surface area contributed by atoms with Crippen LogP contribution >= 0.6 is 0 Å². The molecule has 0 bridgehead atoms. The molecule has 0 spiro atoms. The molecule has 2 aromatic rings. The van der Waals surface area contributed by atoms with Crippen molar-refractivity contribution in [2.45, 2.75) is 155 Å². The van der Waals surface area contributed by atoms with Gasteiger partial charge in [-0.1, -0.05) is 153 Å². The number of aryl methyl sites for hydroxylation is 1. The van der Waals surface area contributed by atoms with Crippen molar-refractivity contribution in [1.29, 1.82) is 0 Å². The molecule has 0 saturated heterocycles. The van der Waals surface area contributed by atoms with Gasteiger partial charge in [0.05, 0.1) is 0 Å². The highest BCUT2D eigenvalue weighted by Crippen LogP contribution is 2.24. The molecular formula is C36H60ClN. The van der Waals surface area contributed by atoms with E-state index in [0.717, 1.165) is 5.92 Å². The highest BCUT2D eigenvalue weighted by atomic mass is 35.5. The minimum atomic E-state index is 0. The second kappa shape index (κ2) is 24.7. The van der Waals surface area contributed by atoms with Crippen LogP contribution in [0.15, 0.2) is 60.9 Å². The van der Waals surface area contributed by atoms with Crippen LogP contribution in [-0.4, -0.2) is 0 Å². The molecule has 0 aliphatic rings. The van der Waals surface area contributed by atoms with E-state index in [9.17, 15) is 0 Å². The average molecular weight is 542 g/mol. The third kappa shape index (κ3) is 18.0. The fourth-order valence-electron chi connectivity index (χ4n) is 5.84. The molecule has 0 fully saturated rings. The molecule has 0 saturated carbocycles. The smallest absolute Gasteiger partial charge is 0.169 e. The normalized spacial score (nSPS) is 12.7. The van der Waals surface area contributed by atoms with Crippen LogP contribution < -0.4 is 17.0 Å². The number of benzene rings is 1. The molecule has 0 N–H and O–H groups in total. The highest BCUT2D eigenvalue weighted by Gasteiger charge is 2.20. The number of halogens is 1. The van der Waals surface area contributed by atoms with E-state index in [1.807, 2.05) is 0 Å². The third-order valence-corrected chi connectivity index (χ3v) is 8.23. The van der Waals surface area contributed by atoms with E-state index in [2.05, 4.69) is 79.3 Å². The van der Waals surface area contributed by atoms with Crippen LogP contribution in [0.1, 0.15) is 154 Å². The Balaban J connectivity index is 0.00000722. The van der Waals surface area contributed by atoms with Crippen LogP contribution in [0.2, 0.25) is 0 Å². The number of nitrogens with zero attached hydrogens (tertiary/aromatic N) is 1. The van der Waals surface area contributed by atoms with Gasteiger partial charge in [-0.3, -0.25) is 0 Å². The summed E-state index contributed by atoms with van der Waals surface area (Å²) in [6.07, 6.45) is 34.0. The lowest BCUT2D eigenvalue weighted by Crippen LogP contribution is -3.00. The van der Waals surface area contributed by atoms with Gasteiger partial charge >= 0.3 is 0 Å². The topological polar surface area (TPSA) is 3.88 Å². The summed E-state index contributed by atoms with van der Waals surface area (Å²) < 4.78 is 2.50. The van der Waals surface area contributed by atoms with E-state index in [0.29, 0.717) is 6.04 Å². The van der Waals surface area contributed by atoms with Gasteiger partial charge < -0.3 is 12.4 Å². The van der Waals surface area contributed by atoms with Gasteiger partial charge in [-0.25, -0.2) is 4.57 Å². The molecule has 2 atom stereocenters. The molecule has 2 heteroatoms. The molecule has 0 amide bonds. The predicted molar refractivity (Wildman–Crippen MR) is 163 cm³/mol. The first kappa shape index (κ1) is 34.7. The van der Waals surface area contributed by atoms with E-state index in [4.69, 9.17) is 0 Å². The number of aromatic nitrogens is 1. The molecule has 0 aliphatic heterocycles. The molecule has 1 heterocycles. The fraction of sp³-hybridized carbons (Fsp3) is 0.694. The first-order valence-electron chi connectivity index (χ1n) is 16.3. The minimum Gasteiger partial charge on any atom is -1.00 e. The van der Waals surface area contributed by atoms with Crippen molar-refractivity contribution in [3.63, 3.8) is 0 Å². The summed E-state index contributed by atoms with van der Waals surface area (Å²) in [4.78, 5) is 0. The van der Waals surface area contributed by atoms with E-state index in [1.165, 1.54) is 140 Å². The third-order valence-electron chi connectivity index (χ3n) is 8.23. The molecule has 1 aromatic carbocycles. The van der Waals surface area contributed by atoms with Gasteiger partial charge in [0, 0.05) is 25.0 Å². The monoisotopic (exact) mass is 541 g/mol. The second-order valence-electron chi connectivity index (χ2n) is 11.8. The molecule has 2 rings (SSSR count). The minimum absolute atomic E-state index is 0. The van der Waals surface area contributed by atoms with Crippen LogP contribution in [-0.2, 0) is 6.42 Å². The Morgan fingerprint density at radius 1 is 0.553 bits per heavy atom. The number of rotatable bonds is 24. The standard InChI is InChI=1S/C36H60N.ClH/c1-3-4-5-6-7-8-9-10-11-12-13-14-23-30-36(37-31-24-18-25-32-37)33-34(2)26-19-15-16-20-27-35-28-21-17-22-29-35;/h17-18,21-22,24-25,28-29,31-32,34,36H,3-16,19-20,23,26-27,30,33H2,1-2H3;1H/q+1;/p-1.